The van der Waals surface area contributed by atoms with Gasteiger partial charge in [0.25, 0.3) is 0 Å². The standard InChI is InChI=1S/C12H21NO3/c1-9-4-6-13(11(9)12(14)15)10-3-2-7-16-8-5-10/h9-11H,2-8H2,1H3,(H,14,15). The van der Waals surface area contributed by atoms with Crippen LogP contribution in [0.2, 0.25) is 0 Å². The van der Waals surface area contributed by atoms with Crippen molar-refractivity contribution < 1.29 is 14.6 Å². The molecule has 0 saturated carbocycles. The molecule has 2 aliphatic rings. The molecule has 2 rings (SSSR count). The highest BCUT2D eigenvalue weighted by atomic mass is 16.5. The van der Waals surface area contributed by atoms with Crippen molar-refractivity contribution in [1.82, 2.24) is 4.90 Å². The van der Waals surface area contributed by atoms with Gasteiger partial charge in [0.2, 0.25) is 0 Å². The molecule has 3 unspecified atom stereocenters. The van der Waals surface area contributed by atoms with Crippen molar-refractivity contribution in [3.8, 4) is 0 Å². The lowest BCUT2D eigenvalue weighted by Gasteiger charge is -2.31. The second-order valence-corrected chi connectivity index (χ2v) is 4.98. The molecule has 0 amide bonds. The van der Waals surface area contributed by atoms with Gasteiger partial charge in [0.15, 0.2) is 0 Å². The number of hydrogen-bond acceptors (Lipinski definition) is 3. The van der Waals surface area contributed by atoms with E-state index in [1.165, 1.54) is 0 Å². The van der Waals surface area contributed by atoms with Crippen molar-refractivity contribution in [2.45, 2.75) is 44.7 Å². The number of carbonyl (C=O) groups is 1. The van der Waals surface area contributed by atoms with Gasteiger partial charge in [0.05, 0.1) is 0 Å². The quantitative estimate of drug-likeness (QED) is 0.773. The maximum Gasteiger partial charge on any atom is 0.321 e. The SMILES string of the molecule is CC1CCN(C2CCCOCC2)C1C(=O)O. The van der Waals surface area contributed by atoms with Gasteiger partial charge in [-0.1, -0.05) is 6.92 Å². The van der Waals surface area contributed by atoms with Crippen molar-refractivity contribution in [2.24, 2.45) is 5.92 Å². The lowest BCUT2D eigenvalue weighted by atomic mass is 10.0. The highest BCUT2D eigenvalue weighted by molar-refractivity contribution is 5.74. The molecular weight excluding hydrogens is 206 g/mol. The lowest BCUT2D eigenvalue weighted by Crippen LogP contribution is -2.45. The van der Waals surface area contributed by atoms with Crippen molar-refractivity contribution in [3.63, 3.8) is 0 Å². The average molecular weight is 227 g/mol. The Morgan fingerprint density at radius 3 is 2.88 bits per heavy atom. The van der Waals surface area contributed by atoms with Crippen LogP contribution in [-0.4, -0.2) is 47.8 Å². The van der Waals surface area contributed by atoms with E-state index in [1.807, 2.05) is 6.92 Å². The van der Waals surface area contributed by atoms with Crippen LogP contribution < -0.4 is 0 Å². The Morgan fingerprint density at radius 2 is 2.12 bits per heavy atom. The third-order valence-corrected chi connectivity index (χ3v) is 3.88. The summed E-state index contributed by atoms with van der Waals surface area (Å²) < 4.78 is 5.43. The monoisotopic (exact) mass is 227 g/mol. The van der Waals surface area contributed by atoms with E-state index in [2.05, 4.69) is 4.90 Å². The number of carboxylic acid groups (broad SMARTS) is 1. The molecule has 2 saturated heterocycles. The maximum atomic E-state index is 11.3. The third kappa shape index (κ3) is 2.38. The Balaban J connectivity index is 2.03. The van der Waals surface area contributed by atoms with E-state index >= 15 is 0 Å². The fraction of sp³-hybridized carbons (Fsp3) is 0.917. The van der Waals surface area contributed by atoms with Crippen LogP contribution in [0, 0.1) is 5.92 Å². The summed E-state index contributed by atoms with van der Waals surface area (Å²) in [7, 11) is 0. The summed E-state index contributed by atoms with van der Waals surface area (Å²) in [6.07, 6.45) is 4.13. The summed E-state index contributed by atoms with van der Waals surface area (Å²) in [5, 5.41) is 9.28. The first-order valence-electron chi connectivity index (χ1n) is 6.26. The van der Waals surface area contributed by atoms with E-state index in [9.17, 15) is 9.90 Å². The highest BCUT2D eigenvalue weighted by Crippen LogP contribution is 2.29. The van der Waals surface area contributed by atoms with Crippen molar-refractivity contribution in [2.75, 3.05) is 19.8 Å². The first kappa shape index (κ1) is 11.9. The molecule has 2 fully saturated rings. The molecule has 0 bridgehead atoms. The molecule has 4 nitrogen and oxygen atoms in total. The van der Waals surface area contributed by atoms with Crippen LogP contribution >= 0.6 is 0 Å². The fourth-order valence-electron chi connectivity index (χ4n) is 2.99. The largest absolute Gasteiger partial charge is 0.480 e. The van der Waals surface area contributed by atoms with Gasteiger partial charge in [0.1, 0.15) is 6.04 Å². The normalized spacial score (nSPS) is 37.2. The van der Waals surface area contributed by atoms with E-state index in [-0.39, 0.29) is 12.0 Å². The van der Waals surface area contributed by atoms with Crippen LogP contribution in [0.1, 0.15) is 32.6 Å². The predicted octanol–water partition coefficient (Wildman–Crippen LogP) is 1.35. The zero-order chi connectivity index (χ0) is 11.5. The van der Waals surface area contributed by atoms with Gasteiger partial charge in [-0.05, 0) is 38.1 Å². The van der Waals surface area contributed by atoms with Gasteiger partial charge in [-0.2, -0.15) is 0 Å². The van der Waals surface area contributed by atoms with Crippen LogP contribution in [0.15, 0.2) is 0 Å². The second kappa shape index (κ2) is 5.15. The fourth-order valence-corrected chi connectivity index (χ4v) is 2.99. The van der Waals surface area contributed by atoms with E-state index in [1.54, 1.807) is 0 Å². The molecule has 0 aliphatic carbocycles. The van der Waals surface area contributed by atoms with Crippen LogP contribution in [0.5, 0.6) is 0 Å². The number of rotatable bonds is 2. The number of carboxylic acids is 1. The third-order valence-electron chi connectivity index (χ3n) is 3.88. The molecule has 0 aromatic rings. The second-order valence-electron chi connectivity index (χ2n) is 4.98. The molecule has 3 atom stereocenters. The summed E-state index contributed by atoms with van der Waals surface area (Å²) in [5.74, 6) is -0.378. The maximum absolute atomic E-state index is 11.3. The van der Waals surface area contributed by atoms with E-state index in [4.69, 9.17) is 4.74 Å². The molecule has 92 valence electrons. The van der Waals surface area contributed by atoms with Crippen LogP contribution in [0.25, 0.3) is 0 Å². The van der Waals surface area contributed by atoms with E-state index in [0.717, 1.165) is 45.4 Å². The Morgan fingerprint density at radius 1 is 1.31 bits per heavy atom. The summed E-state index contributed by atoms with van der Waals surface area (Å²) in [5.41, 5.74) is 0. The van der Waals surface area contributed by atoms with Crippen LogP contribution in [0.4, 0.5) is 0 Å². The Hall–Kier alpha value is -0.610. The van der Waals surface area contributed by atoms with E-state index in [0.29, 0.717) is 6.04 Å². The lowest BCUT2D eigenvalue weighted by molar-refractivity contribution is -0.144. The average Bonchev–Trinajstić information content (AvgIpc) is 2.50. The highest BCUT2D eigenvalue weighted by Gasteiger charge is 2.40. The van der Waals surface area contributed by atoms with Gasteiger partial charge < -0.3 is 9.84 Å². The summed E-state index contributed by atoms with van der Waals surface area (Å²) in [6.45, 7) is 4.59. The smallest absolute Gasteiger partial charge is 0.321 e. The zero-order valence-electron chi connectivity index (χ0n) is 9.89. The number of ether oxygens (including phenoxy) is 1. The molecule has 4 heteroatoms. The molecule has 1 N–H and O–H groups in total. The molecular formula is C12H21NO3. The van der Waals surface area contributed by atoms with Crippen molar-refractivity contribution in [3.05, 3.63) is 0 Å². The summed E-state index contributed by atoms with van der Waals surface area (Å²) in [6, 6.07) is 0.136. The molecule has 2 aliphatic heterocycles. The Labute approximate surface area is 96.6 Å². The van der Waals surface area contributed by atoms with Crippen molar-refractivity contribution >= 4 is 5.97 Å². The molecule has 0 aromatic carbocycles. The van der Waals surface area contributed by atoms with Crippen molar-refractivity contribution in [1.29, 1.82) is 0 Å². The van der Waals surface area contributed by atoms with Crippen LogP contribution in [-0.2, 0) is 9.53 Å². The number of hydrogen-bond donors (Lipinski definition) is 1. The minimum Gasteiger partial charge on any atom is -0.480 e. The molecule has 0 spiro atoms. The first-order valence-corrected chi connectivity index (χ1v) is 6.26. The van der Waals surface area contributed by atoms with Gasteiger partial charge in [-0.25, -0.2) is 0 Å². The Kier molecular flexibility index (Phi) is 3.82. The predicted molar refractivity (Wildman–Crippen MR) is 60.4 cm³/mol. The number of likely N-dealkylation sites (tertiary alicyclic amines) is 1. The minimum atomic E-state index is -0.657. The van der Waals surface area contributed by atoms with Crippen LogP contribution in [0.3, 0.4) is 0 Å². The zero-order valence-corrected chi connectivity index (χ0v) is 9.89. The topological polar surface area (TPSA) is 49.8 Å². The summed E-state index contributed by atoms with van der Waals surface area (Å²) in [4.78, 5) is 13.5. The summed E-state index contributed by atoms with van der Waals surface area (Å²) >= 11 is 0. The van der Waals surface area contributed by atoms with Gasteiger partial charge in [0, 0.05) is 19.3 Å². The Bertz CT molecular complexity index is 249. The van der Waals surface area contributed by atoms with E-state index < -0.39 is 5.97 Å². The first-order chi connectivity index (χ1) is 7.70. The number of aliphatic carboxylic acids is 1. The van der Waals surface area contributed by atoms with Gasteiger partial charge in [-0.15, -0.1) is 0 Å². The number of nitrogens with zero attached hydrogens (tertiary/aromatic N) is 1. The molecule has 2 heterocycles. The molecule has 0 radical (unpaired) electrons. The van der Waals surface area contributed by atoms with Gasteiger partial charge >= 0.3 is 5.97 Å². The molecule has 16 heavy (non-hydrogen) atoms. The van der Waals surface area contributed by atoms with Gasteiger partial charge in [-0.3, -0.25) is 9.69 Å². The minimum absolute atomic E-state index is 0.275. The molecule has 0 aromatic heterocycles.